The van der Waals surface area contributed by atoms with E-state index in [1.165, 1.54) is 7.05 Å². The number of carboxylic acids is 1. The smallest absolute Gasteiger partial charge is 0.310 e. The number of hydrazine groups is 1. The zero-order valence-electron chi connectivity index (χ0n) is 22.0. The third kappa shape index (κ3) is 5.23. The van der Waals surface area contributed by atoms with Gasteiger partial charge in [0.05, 0.1) is 17.0 Å². The lowest BCUT2D eigenvalue weighted by molar-refractivity contribution is -0.160. The van der Waals surface area contributed by atoms with Gasteiger partial charge in [-0.05, 0) is 50.3 Å². The highest BCUT2D eigenvalue weighted by Crippen LogP contribution is 2.48. The van der Waals surface area contributed by atoms with E-state index in [2.05, 4.69) is 0 Å². The minimum Gasteiger partial charge on any atom is -0.487 e. The first-order valence-corrected chi connectivity index (χ1v) is 13.3. The fourth-order valence-electron chi connectivity index (χ4n) is 6.04. The van der Waals surface area contributed by atoms with Crippen LogP contribution in [-0.2, 0) is 20.8 Å². The monoisotopic (exact) mass is 569 g/mol. The Kier molecular flexibility index (Phi) is 8.27. The number of allylic oxidation sites excluding steroid dienone is 1. The molecule has 0 bridgehead atoms. The van der Waals surface area contributed by atoms with E-state index in [0.29, 0.717) is 61.2 Å². The third-order valence-corrected chi connectivity index (χ3v) is 8.50. The Morgan fingerprint density at radius 1 is 1.28 bits per heavy atom. The number of hydrogen-bond acceptors (Lipinski definition) is 7. The van der Waals surface area contributed by atoms with E-state index in [9.17, 15) is 28.3 Å². The summed E-state index contributed by atoms with van der Waals surface area (Å²) in [7, 11) is 1.24. The highest BCUT2D eigenvalue weighted by molar-refractivity contribution is 6.31. The van der Waals surface area contributed by atoms with Gasteiger partial charge in [0, 0.05) is 37.1 Å². The Morgan fingerprint density at radius 3 is 2.59 bits per heavy atom. The molecule has 1 aromatic rings. The molecule has 10 nitrogen and oxygen atoms in total. The van der Waals surface area contributed by atoms with Crippen LogP contribution in [0.4, 0.5) is 8.78 Å². The van der Waals surface area contributed by atoms with Gasteiger partial charge in [-0.2, -0.15) is 0 Å². The Labute approximate surface area is 230 Å². The van der Waals surface area contributed by atoms with E-state index >= 15 is 0 Å². The Morgan fingerprint density at radius 2 is 2.00 bits per heavy atom. The SMILES string of the molecule is CN(N)/C(=C(\N)COc1ccc(Cl)c2c1[C@@H](N1CCCC1=O)N(C(=O)C1CCC[C@]1(C)C(=O)O)CC2)C(F)F. The van der Waals surface area contributed by atoms with Gasteiger partial charge in [0.2, 0.25) is 11.8 Å². The van der Waals surface area contributed by atoms with Crippen molar-refractivity contribution >= 4 is 29.4 Å². The predicted octanol–water partition coefficient (Wildman–Crippen LogP) is 2.86. The molecule has 1 saturated carbocycles. The number of aliphatic carboxylic acids is 1. The van der Waals surface area contributed by atoms with E-state index in [0.717, 1.165) is 5.01 Å². The lowest BCUT2D eigenvalue weighted by atomic mass is 9.78. The van der Waals surface area contributed by atoms with Gasteiger partial charge in [-0.15, -0.1) is 0 Å². The zero-order valence-corrected chi connectivity index (χ0v) is 22.7. The molecule has 0 radical (unpaired) electrons. The van der Waals surface area contributed by atoms with Crippen LogP contribution in [0.5, 0.6) is 5.75 Å². The van der Waals surface area contributed by atoms with Crippen LogP contribution < -0.4 is 16.3 Å². The second kappa shape index (κ2) is 11.2. The maximum atomic E-state index is 14.0. The van der Waals surface area contributed by atoms with Crippen molar-refractivity contribution in [1.29, 1.82) is 0 Å². The number of carbonyl (C=O) groups is 3. The third-order valence-electron chi connectivity index (χ3n) is 8.15. The fourth-order valence-corrected chi connectivity index (χ4v) is 6.30. The summed E-state index contributed by atoms with van der Waals surface area (Å²) in [5, 5.41) is 11.1. The molecule has 2 fully saturated rings. The molecule has 2 amide bonds. The molecule has 0 aromatic heterocycles. The van der Waals surface area contributed by atoms with Crippen molar-refractivity contribution in [3.05, 3.63) is 39.7 Å². The number of fused-ring (bicyclic) bond motifs is 1. The van der Waals surface area contributed by atoms with Gasteiger partial charge in [-0.25, -0.2) is 14.6 Å². The van der Waals surface area contributed by atoms with Crippen LogP contribution in [0.15, 0.2) is 23.5 Å². The molecule has 4 rings (SSSR count). The number of nitrogens with zero attached hydrogens (tertiary/aromatic N) is 3. The van der Waals surface area contributed by atoms with Crippen molar-refractivity contribution in [3.63, 3.8) is 0 Å². The molecule has 0 spiro atoms. The zero-order chi connectivity index (χ0) is 28.6. The summed E-state index contributed by atoms with van der Waals surface area (Å²) < 4.78 is 32.9. The summed E-state index contributed by atoms with van der Waals surface area (Å²) in [6.07, 6.45) is -1.18. The number of carboxylic acid groups (broad SMARTS) is 1. The first kappa shape index (κ1) is 28.9. The van der Waals surface area contributed by atoms with E-state index in [1.807, 2.05) is 0 Å². The van der Waals surface area contributed by atoms with Crippen molar-refractivity contribution in [1.82, 2.24) is 14.8 Å². The van der Waals surface area contributed by atoms with E-state index < -0.39 is 42.2 Å². The molecule has 214 valence electrons. The molecular weight excluding hydrogens is 536 g/mol. The van der Waals surface area contributed by atoms with Crippen molar-refractivity contribution in [3.8, 4) is 5.75 Å². The number of halogens is 3. The minimum absolute atomic E-state index is 0.159. The standard InChI is InChI=1S/C26H34ClF2N5O5/c1-26(25(37)38)10-3-5-15(26)24(36)34-12-9-14-16(27)7-8-18(20(14)23(34)33-11-4-6-19(33)35)39-13-17(30)21(22(28)29)32(2)31/h7-8,15,22-23H,3-6,9-13,30-31H2,1-2H3,(H,37,38)/b21-17-/t15?,23-,26-/m0/s1. The average Bonchev–Trinajstić information content (AvgIpc) is 3.48. The average molecular weight is 570 g/mol. The molecular formula is C26H34ClF2N5O5. The summed E-state index contributed by atoms with van der Waals surface area (Å²) in [5.74, 6) is 3.47. The van der Waals surface area contributed by atoms with Gasteiger partial charge in [0.1, 0.15) is 24.2 Å². The molecule has 1 aliphatic carbocycles. The van der Waals surface area contributed by atoms with E-state index in [1.54, 1.807) is 28.9 Å². The number of alkyl halides is 2. The van der Waals surface area contributed by atoms with Gasteiger partial charge in [0.25, 0.3) is 6.43 Å². The minimum atomic E-state index is -2.93. The normalized spacial score (nSPS) is 25.6. The summed E-state index contributed by atoms with van der Waals surface area (Å²) in [6.45, 7) is 1.78. The molecule has 39 heavy (non-hydrogen) atoms. The van der Waals surface area contributed by atoms with Crippen LogP contribution in [-0.4, -0.2) is 70.9 Å². The summed E-state index contributed by atoms with van der Waals surface area (Å²) in [5.41, 5.74) is 4.97. The second-order valence-corrected chi connectivity index (χ2v) is 11.0. The van der Waals surface area contributed by atoms with Crippen molar-refractivity contribution in [2.75, 3.05) is 26.7 Å². The number of ether oxygens (including phenoxy) is 1. The van der Waals surface area contributed by atoms with Crippen LogP contribution in [0.3, 0.4) is 0 Å². The number of amides is 2. The van der Waals surface area contributed by atoms with Crippen LogP contribution >= 0.6 is 11.6 Å². The number of likely N-dealkylation sites (tertiary alicyclic amines) is 1. The van der Waals surface area contributed by atoms with E-state index in [-0.39, 0.29) is 29.8 Å². The van der Waals surface area contributed by atoms with Gasteiger partial charge in [0.15, 0.2) is 0 Å². The number of nitrogens with two attached hydrogens (primary N) is 2. The van der Waals surface area contributed by atoms with Crippen LogP contribution in [0.1, 0.15) is 56.3 Å². The largest absolute Gasteiger partial charge is 0.487 e. The van der Waals surface area contributed by atoms with E-state index in [4.69, 9.17) is 27.9 Å². The van der Waals surface area contributed by atoms with Crippen LogP contribution in [0.25, 0.3) is 0 Å². The van der Waals surface area contributed by atoms with Crippen molar-refractivity contribution in [2.45, 2.75) is 58.0 Å². The van der Waals surface area contributed by atoms with Crippen molar-refractivity contribution < 1.29 is 33.0 Å². The summed E-state index contributed by atoms with van der Waals surface area (Å²) >= 11 is 6.56. The topological polar surface area (TPSA) is 142 Å². The highest BCUT2D eigenvalue weighted by atomic mass is 35.5. The van der Waals surface area contributed by atoms with Gasteiger partial charge < -0.3 is 30.4 Å². The van der Waals surface area contributed by atoms with Crippen LogP contribution in [0, 0.1) is 11.3 Å². The highest BCUT2D eigenvalue weighted by Gasteiger charge is 2.52. The van der Waals surface area contributed by atoms with Crippen molar-refractivity contribution in [2.24, 2.45) is 22.9 Å². The molecule has 3 atom stereocenters. The molecule has 1 aromatic carbocycles. The summed E-state index contributed by atoms with van der Waals surface area (Å²) in [6, 6.07) is 3.17. The maximum absolute atomic E-state index is 14.0. The lowest BCUT2D eigenvalue weighted by Gasteiger charge is -2.45. The maximum Gasteiger partial charge on any atom is 0.310 e. The lowest BCUT2D eigenvalue weighted by Crippen LogP contribution is -2.52. The molecule has 2 aliphatic heterocycles. The number of benzene rings is 1. The van der Waals surface area contributed by atoms with Gasteiger partial charge >= 0.3 is 5.97 Å². The quantitative estimate of drug-likeness (QED) is 0.320. The number of rotatable bonds is 8. The van der Waals surface area contributed by atoms with Gasteiger partial charge in [-0.3, -0.25) is 14.4 Å². The molecule has 3 aliphatic rings. The Hall–Kier alpha value is -3.12. The summed E-state index contributed by atoms with van der Waals surface area (Å²) in [4.78, 5) is 42.3. The predicted molar refractivity (Wildman–Crippen MR) is 138 cm³/mol. The first-order chi connectivity index (χ1) is 18.4. The fraction of sp³-hybridized carbons (Fsp3) is 0.577. The first-order valence-electron chi connectivity index (χ1n) is 12.9. The van der Waals surface area contributed by atoms with Crippen LogP contribution in [0.2, 0.25) is 5.02 Å². The number of hydrogen-bond donors (Lipinski definition) is 3. The second-order valence-electron chi connectivity index (χ2n) is 10.6. The molecule has 1 saturated heterocycles. The number of carbonyl (C=O) groups excluding carboxylic acids is 2. The van der Waals surface area contributed by atoms with Gasteiger partial charge in [-0.1, -0.05) is 18.0 Å². The molecule has 2 heterocycles. The molecule has 13 heteroatoms. The Bertz CT molecular complexity index is 1190. The Balaban J connectivity index is 1.77. The molecule has 1 unspecified atom stereocenters. The molecule has 5 N–H and O–H groups in total.